The Labute approximate surface area is 88.9 Å². The van der Waals surface area contributed by atoms with Crippen molar-refractivity contribution in [2.75, 3.05) is 13.7 Å². The van der Waals surface area contributed by atoms with Gasteiger partial charge < -0.3 is 10.5 Å². The molecule has 0 aliphatic heterocycles. The standard InChI is InChI=1S/C9H12N2O2.ClH/c1-13-6-4-8-7(9(10)12)3-2-5-11-8;/h2-3,5H,4,6H2,1H3,(H2,10,12);1H. The molecule has 1 heterocycles. The molecule has 2 N–H and O–H groups in total. The maximum absolute atomic E-state index is 10.9. The molecule has 5 heteroatoms. The molecule has 1 rings (SSSR count). The van der Waals surface area contributed by atoms with Gasteiger partial charge in [0.15, 0.2) is 0 Å². The molecule has 0 bridgehead atoms. The number of carbonyl (C=O) groups is 1. The van der Waals surface area contributed by atoms with Crippen LogP contribution >= 0.6 is 12.4 Å². The molecule has 0 saturated carbocycles. The molecule has 0 aliphatic rings. The van der Waals surface area contributed by atoms with Gasteiger partial charge in [-0.15, -0.1) is 12.4 Å². The van der Waals surface area contributed by atoms with Gasteiger partial charge in [-0.3, -0.25) is 9.78 Å². The first-order valence-electron chi connectivity index (χ1n) is 3.98. The van der Waals surface area contributed by atoms with E-state index in [1.807, 2.05) is 0 Å². The third-order valence-corrected chi connectivity index (χ3v) is 1.70. The van der Waals surface area contributed by atoms with E-state index in [2.05, 4.69) is 4.98 Å². The third-order valence-electron chi connectivity index (χ3n) is 1.70. The predicted octanol–water partition coefficient (Wildman–Crippen LogP) is 0.791. The minimum absolute atomic E-state index is 0. The lowest BCUT2D eigenvalue weighted by molar-refractivity contribution is 0.0998. The first-order chi connectivity index (χ1) is 6.25. The smallest absolute Gasteiger partial charge is 0.250 e. The Morgan fingerprint density at radius 2 is 2.36 bits per heavy atom. The van der Waals surface area contributed by atoms with E-state index in [4.69, 9.17) is 10.5 Å². The second-order valence-corrected chi connectivity index (χ2v) is 2.60. The van der Waals surface area contributed by atoms with Crippen LogP contribution in [0.25, 0.3) is 0 Å². The van der Waals surface area contributed by atoms with E-state index in [1.54, 1.807) is 25.4 Å². The Bertz CT molecular complexity index is 305. The van der Waals surface area contributed by atoms with Gasteiger partial charge in [0.25, 0.3) is 5.91 Å². The van der Waals surface area contributed by atoms with E-state index >= 15 is 0 Å². The van der Waals surface area contributed by atoms with Crippen molar-refractivity contribution in [3.63, 3.8) is 0 Å². The number of nitrogens with two attached hydrogens (primary N) is 1. The van der Waals surface area contributed by atoms with Gasteiger partial charge in [0, 0.05) is 19.7 Å². The molecule has 14 heavy (non-hydrogen) atoms. The molecular formula is C9H13ClN2O2. The van der Waals surface area contributed by atoms with E-state index in [0.29, 0.717) is 24.3 Å². The SMILES string of the molecule is COCCc1ncccc1C(N)=O.Cl. The number of pyridine rings is 1. The first-order valence-corrected chi connectivity index (χ1v) is 3.98. The average Bonchev–Trinajstić information content (AvgIpc) is 2.15. The summed E-state index contributed by atoms with van der Waals surface area (Å²) in [6.45, 7) is 0.539. The molecule has 0 saturated heterocycles. The maximum atomic E-state index is 10.9. The predicted molar refractivity (Wildman–Crippen MR) is 55.6 cm³/mol. The van der Waals surface area contributed by atoms with Crippen molar-refractivity contribution in [1.82, 2.24) is 4.98 Å². The largest absolute Gasteiger partial charge is 0.384 e. The van der Waals surface area contributed by atoms with Crippen molar-refractivity contribution >= 4 is 18.3 Å². The minimum Gasteiger partial charge on any atom is -0.384 e. The summed E-state index contributed by atoms with van der Waals surface area (Å²) in [6, 6.07) is 3.36. The normalized spacial score (nSPS) is 9.21. The van der Waals surface area contributed by atoms with Crippen LogP contribution in [0.1, 0.15) is 16.1 Å². The van der Waals surface area contributed by atoms with Gasteiger partial charge in [0.1, 0.15) is 0 Å². The quantitative estimate of drug-likeness (QED) is 0.810. The molecule has 1 amide bonds. The first kappa shape index (κ1) is 12.9. The van der Waals surface area contributed by atoms with Crippen molar-refractivity contribution in [2.45, 2.75) is 6.42 Å². The molecule has 78 valence electrons. The summed E-state index contributed by atoms with van der Waals surface area (Å²) in [5, 5.41) is 0. The fourth-order valence-corrected chi connectivity index (χ4v) is 1.06. The highest BCUT2D eigenvalue weighted by atomic mass is 35.5. The number of carbonyl (C=O) groups excluding carboxylic acids is 1. The lowest BCUT2D eigenvalue weighted by atomic mass is 10.1. The van der Waals surface area contributed by atoms with Gasteiger partial charge in [-0.05, 0) is 12.1 Å². The molecule has 0 spiro atoms. The van der Waals surface area contributed by atoms with E-state index in [1.165, 1.54) is 0 Å². The summed E-state index contributed by atoms with van der Waals surface area (Å²) >= 11 is 0. The van der Waals surface area contributed by atoms with Crippen LogP contribution in [-0.2, 0) is 11.2 Å². The molecule has 0 fully saturated rings. The molecule has 0 aliphatic carbocycles. The summed E-state index contributed by atoms with van der Waals surface area (Å²) in [6.07, 6.45) is 2.24. The fraction of sp³-hybridized carbons (Fsp3) is 0.333. The number of rotatable bonds is 4. The Kier molecular flexibility index (Phi) is 5.83. The highest BCUT2D eigenvalue weighted by Gasteiger charge is 2.07. The van der Waals surface area contributed by atoms with Crippen molar-refractivity contribution < 1.29 is 9.53 Å². The number of halogens is 1. The van der Waals surface area contributed by atoms with Crippen molar-refractivity contribution in [3.05, 3.63) is 29.6 Å². The van der Waals surface area contributed by atoms with Gasteiger partial charge >= 0.3 is 0 Å². The van der Waals surface area contributed by atoms with Gasteiger partial charge in [-0.2, -0.15) is 0 Å². The summed E-state index contributed by atoms with van der Waals surface area (Å²) < 4.78 is 4.89. The highest BCUT2D eigenvalue weighted by Crippen LogP contribution is 2.04. The van der Waals surface area contributed by atoms with Crippen molar-refractivity contribution in [3.8, 4) is 0 Å². The topological polar surface area (TPSA) is 65.2 Å². The number of hydrogen-bond donors (Lipinski definition) is 1. The van der Waals surface area contributed by atoms with Crippen LogP contribution < -0.4 is 5.73 Å². The number of aromatic nitrogens is 1. The van der Waals surface area contributed by atoms with Crippen LogP contribution in [0, 0.1) is 0 Å². The van der Waals surface area contributed by atoms with Gasteiger partial charge in [-0.1, -0.05) is 0 Å². The minimum atomic E-state index is -0.445. The van der Waals surface area contributed by atoms with E-state index < -0.39 is 5.91 Å². The molecule has 0 unspecified atom stereocenters. The second kappa shape index (κ2) is 6.34. The van der Waals surface area contributed by atoms with Crippen LogP contribution in [0.15, 0.2) is 18.3 Å². The molecular weight excluding hydrogens is 204 g/mol. The number of methoxy groups -OCH3 is 1. The summed E-state index contributed by atoms with van der Waals surface area (Å²) in [4.78, 5) is 15.0. The third kappa shape index (κ3) is 3.32. The number of hydrogen-bond acceptors (Lipinski definition) is 3. The Morgan fingerprint density at radius 1 is 1.64 bits per heavy atom. The molecule has 0 radical (unpaired) electrons. The average molecular weight is 217 g/mol. The van der Waals surface area contributed by atoms with Crippen molar-refractivity contribution in [1.29, 1.82) is 0 Å². The molecule has 0 aromatic carbocycles. The lowest BCUT2D eigenvalue weighted by Crippen LogP contribution is -2.15. The monoisotopic (exact) mass is 216 g/mol. The number of ether oxygens (including phenoxy) is 1. The van der Waals surface area contributed by atoms with Crippen LogP contribution in [-0.4, -0.2) is 24.6 Å². The number of amides is 1. The van der Waals surface area contributed by atoms with Crippen LogP contribution in [0.4, 0.5) is 0 Å². The van der Waals surface area contributed by atoms with Gasteiger partial charge in [-0.25, -0.2) is 0 Å². The summed E-state index contributed by atoms with van der Waals surface area (Å²) in [5.41, 5.74) is 6.33. The fourth-order valence-electron chi connectivity index (χ4n) is 1.06. The zero-order valence-corrected chi connectivity index (χ0v) is 8.71. The van der Waals surface area contributed by atoms with Crippen LogP contribution in [0.2, 0.25) is 0 Å². The van der Waals surface area contributed by atoms with E-state index in [9.17, 15) is 4.79 Å². The molecule has 4 nitrogen and oxygen atoms in total. The number of nitrogens with zero attached hydrogens (tertiary/aromatic N) is 1. The highest BCUT2D eigenvalue weighted by molar-refractivity contribution is 5.93. The van der Waals surface area contributed by atoms with Gasteiger partial charge in [0.2, 0.25) is 0 Å². The second-order valence-electron chi connectivity index (χ2n) is 2.60. The Balaban J connectivity index is 0.00000169. The summed E-state index contributed by atoms with van der Waals surface area (Å²) in [5.74, 6) is -0.445. The van der Waals surface area contributed by atoms with E-state index in [0.717, 1.165) is 0 Å². The zero-order chi connectivity index (χ0) is 9.68. The van der Waals surface area contributed by atoms with Crippen molar-refractivity contribution in [2.24, 2.45) is 5.73 Å². The molecule has 0 atom stereocenters. The van der Waals surface area contributed by atoms with Gasteiger partial charge in [0.05, 0.1) is 17.9 Å². The van der Waals surface area contributed by atoms with Crippen LogP contribution in [0.5, 0.6) is 0 Å². The zero-order valence-electron chi connectivity index (χ0n) is 7.90. The molecule has 1 aromatic rings. The van der Waals surface area contributed by atoms with E-state index in [-0.39, 0.29) is 12.4 Å². The Morgan fingerprint density at radius 3 is 2.93 bits per heavy atom. The Hall–Kier alpha value is -1.13. The number of primary amides is 1. The van der Waals surface area contributed by atoms with Crippen LogP contribution in [0.3, 0.4) is 0 Å². The molecule has 1 aromatic heterocycles. The lowest BCUT2D eigenvalue weighted by Gasteiger charge is -2.03. The maximum Gasteiger partial charge on any atom is 0.250 e. The summed E-state index contributed by atoms with van der Waals surface area (Å²) in [7, 11) is 1.60.